The number of benzene rings is 1. The number of aryl methyl sites for hydroxylation is 2. The molecule has 0 amide bonds. The Hall–Kier alpha value is -1.67. The van der Waals surface area contributed by atoms with Crippen molar-refractivity contribution in [2.24, 2.45) is 0 Å². The molecular weight excluding hydrogens is 270 g/mol. The van der Waals surface area contributed by atoms with E-state index in [0.29, 0.717) is 5.02 Å². The van der Waals surface area contributed by atoms with Gasteiger partial charge in [0.1, 0.15) is 0 Å². The molecule has 1 aliphatic rings. The van der Waals surface area contributed by atoms with E-state index in [0.717, 1.165) is 35.4 Å². The maximum absolute atomic E-state index is 12.9. The average molecular weight is 286 g/mol. The van der Waals surface area contributed by atoms with Gasteiger partial charge in [0.2, 0.25) is 0 Å². The Labute approximate surface area is 123 Å². The summed E-state index contributed by atoms with van der Waals surface area (Å²) in [5.74, 6) is 0.124. The van der Waals surface area contributed by atoms with Crippen LogP contribution in [0.4, 0.5) is 0 Å². The van der Waals surface area contributed by atoms with E-state index >= 15 is 0 Å². The molecule has 1 aliphatic carbocycles. The third kappa shape index (κ3) is 1.95. The van der Waals surface area contributed by atoms with Crippen molar-refractivity contribution in [3.8, 4) is 0 Å². The Morgan fingerprint density at radius 1 is 1.20 bits per heavy atom. The molecule has 0 saturated carbocycles. The van der Waals surface area contributed by atoms with Crippen molar-refractivity contribution >= 4 is 17.4 Å². The fourth-order valence-electron chi connectivity index (χ4n) is 2.95. The van der Waals surface area contributed by atoms with Crippen LogP contribution in [0.3, 0.4) is 0 Å². The molecule has 1 aromatic carbocycles. The SMILES string of the molecule is Cc1ccc2c(n1)CCC(C)(c1ccccc1Cl)C2=O. The Balaban J connectivity index is 2.12. The molecule has 3 heteroatoms. The van der Waals surface area contributed by atoms with E-state index in [9.17, 15) is 4.79 Å². The molecule has 0 fully saturated rings. The maximum atomic E-state index is 12.9. The molecular formula is C17H16ClNO. The van der Waals surface area contributed by atoms with Gasteiger partial charge in [0.05, 0.1) is 11.1 Å². The first-order valence-corrected chi connectivity index (χ1v) is 7.16. The largest absolute Gasteiger partial charge is 0.293 e. The third-order valence-corrected chi connectivity index (χ3v) is 4.52. The van der Waals surface area contributed by atoms with Crippen LogP contribution < -0.4 is 0 Å². The molecule has 2 aromatic rings. The summed E-state index contributed by atoms with van der Waals surface area (Å²) in [7, 11) is 0. The molecule has 1 unspecified atom stereocenters. The second-order valence-corrected chi connectivity index (χ2v) is 6.00. The Kier molecular flexibility index (Phi) is 3.14. The number of carbonyl (C=O) groups is 1. The normalized spacial score (nSPS) is 21.6. The van der Waals surface area contributed by atoms with Crippen LogP contribution in [0, 0.1) is 6.92 Å². The number of Topliss-reactive ketones (excluding diaryl/α,β-unsaturated/α-hetero) is 1. The van der Waals surface area contributed by atoms with Crippen molar-refractivity contribution in [2.45, 2.75) is 32.1 Å². The number of aromatic nitrogens is 1. The van der Waals surface area contributed by atoms with E-state index in [1.165, 1.54) is 0 Å². The van der Waals surface area contributed by atoms with Crippen LogP contribution in [0.15, 0.2) is 36.4 Å². The van der Waals surface area contributed by atoms with Gasteiger partial charge in [0, 0.05) is 16.3 Å². The lowest BCUT2D eigenvalue weighted by Crippen LogP contribution is -2.38. The van der Waals surface area contributed by atoms with Crippen LogP contribution in [0.5, 0.6) is 0 Å². The van der Waals surface area contributed by atoms with E-state index in [-0.39, 0.29) is 5.78 Å². The number of ketones is 1. The Morgan fingerprint density at radius 2 is 1.95 bits per heavy atom. The summed E-state index contributed by atoms with van der Waals surface area (Å²) in [6.45, 7) is 3.94. The minimum atomic E-state index is -0.553. The van der Waals surface area contributed by atoms with E-state index in [2.05, 4.69) is 4.98 Å². The van der Waals surface area contributed by atoms with Gasteiger partial charge >= 0.3 is 0 Å². The van der Waals surface area contributed by atoms with Gasteiger partial charge < -0.3 is 0 Å². The van der Waals surface area contributed by atoms with E-state index in [4.69, 9.17) is 11.6 Å². The third-order valence-electron chi connectivity index (χ3n) is 4.19. The molecule has 0 aliphatic heterocycles. The topological polar surface area (TPSA) is 30.0 Å². The number of halogens is 1. The highest BCUT2D eigenvalue weighted by atomic mass is 35.5. The van der Waals surface area contributed by atoms with Gasteiger partial charge in [-0.1, -0.05) is 29.8 Å². The van der Waals surface area contributed by atoms with Crippen molar-refractivity contribution in [3.05, 3.63) is 63.9 Å². The molecule has 102 valence electrons. The van der Waals surface area contributed by atoms with Gasteiger partial charge in [0.25, 0.3) is 0 Å². The Bertz CT molecular complexity index is 695. The predicted octanol–water partition coefficient (Wildman–Crippen LogP) is 4.13. The summed E-state index contributed by atoms with van der Waals surface area (Å²) < 4.78 is 0. The highest BCUT2D eigenvalue weighted by molar-refractivity contribution is 6.32. The van der Waals surface area contributed by atoms with Gasteiger partial charge in [-0.2, -0.15) is 0 Å². The van der Waals surface area contributed by atoms with Crippen LogP contribution in [-0.2, 0) is 11.8 Å². The first-order chi connectivity index (χ1) is 9.52. The van der Waals surface area contributed by atoms with Crippen LogP contribution in [0.2, 0.25) is 5.02 Å². The van der Waals surface area contributed by atoms with E-state index < -0.39 is 5.41 Å². The molecule has 1 aromatic heterocycles. The fraction of sp³-hybridized carbons (Fsp3) is 0.294. The number of carbonyl (C=O) groups excluding carboxylic acids is 1. The summed E-state index contributed by atoms with van der Waals surface area (Å²) in [5.41, 5.74) is 2.97. The zero-order valence-corrected chi connectivity index (χ0v) is 12.4. The fourth-order valence-corrected chi connectivity index (χ4v) is 3.30. The average Bonchev–Trinajstić information content (AvgIpc) is 2.44. The maximum Gasteiger partial charge on any atom is 0.174 e. The minimum absolute atomic E-state index is 0.124. The first kappa shape index (κ1) is 13.3. The lowest BCUT2D eigenvalue weighted by molar-refractivity contribution is 0.0874. The van der Waals surface area contributed by atoms with Crippen molar-refractivity contribution < 1.29 is 4.79 Å². The lowest BCUT2D eigenvalue weighted by atomic mass is 9.69. The standard InChI is InChI=1S/C17H16ClNO/c1-11-7-8-12-15(19-11)9-10-17(2,16(12)20)13-5-3-4-6-14(13)18/h3-8H,9-10H2,1-2H3. The van der Waals surface area contributed by atoms with Crippen molar-refractivity contribution in [1.29, 1.82) is 0 Å². The number of hydrogen-bond acceptors (Lipinski definition) is 2. The summed E-state index contributed by atoms with van der Waals surface area (Å²) in [6, 6.07) is 11.4. The number of hydrogen-bond donors (Lipinski definition) is 0. The summed E-state index contributed by atoms with van der Waals surface area (Å²) >= 11 is 6.30. The van der Waals surface area contributed by atoms with E-state index in [1.807, 2.05) is 50.2 Å². The van der Waals surface area contributed by atoms with Gasteiger partial charge in [-0.25, -0.2) is 0 Å². The number of rotatable bonds is 1. The summed E-state index contributed by atoms with van der Waals surface area (Å²) in [6.07, 6.45) is 1.56. The van der Waals surface area contributed by atoms with Crippen molar-refractivity contribution in [1.82, 2.24) is 4.98 Å². The van der Waals surface area contributed by atoms with Crippen molar-refractivity contribution in [2.75, 3.05) is 0 Å². The van der Waals surface area contributed by atoms with Gasteiger partial charge in [-0.3, -0.25) is 9.78 Å². The molecule has 0 N–H and O–H groups in total. The zero-order chi connectivity index (χ0) is 14.3. The van der Waals surface area contributed by atoms with Crippen LogP contribution in [-0.4, -0.2) is 10.8 Å². The zero-order valence-electron chi connectivity index (χ0n) is 11.6. The lowest BCUT2D eigenvalue weighted by Gasteiger charge is -2.34. The molecule has 0 spiro atoms. The summed E-state index contributed by atoms with van der Waals surface area (Å²) in [4.78, 5) is 17.4. The van der Waals surface area contributed by atoms with Crippen LogP contribution in [0.1, 0.15) is 40.7 Å². The molecule has 0 bridgehead atoms. The molecule has 20 heavy (non-hydrogen) atoms. The van der Waals surface area contributed by atoms with Gasteiger partial charge in [-0.15, -0.1) is 0 Å². The first-order valence-electron chi connectivity index (χ1n) is 6.79. The molecule has 1 atom stereocenters. The van der Waals surface area contributed by atoms with Crippen LogP contribution in [0.25, 0.3) is 0 Å². The molecule has 1 heterocycles. The number of fused-ring (bicyclic) bond motifs is 1. The van der Waals surface area contributed by atoms with Crippen LogP contribution >= 0.6 is 11.6 Å². The predicted molar refractivity (Wildman–Crippen MR) is 80.4 cm³/mol. The van der Waals surface area contributed by atoms with Crippen molar-refractivity contribution in [3.63, 3.8) is 0 Å². The number of pyridine rings is 1. The molecule has 0 saturated heterocycles. The molecule has 0 radical (unpaired) electrons. The molecule has 3 rings (SSSR count). The second kappa shape index (κ2) is 4.71. The van der Waals surface area contributed by atoms with Gasteiger partial charge in [0.15, 0.2) is 5.78 Å². The van der Waals surface area contributed by atoms with E-state index in [1.54, 1.807) is 0 Å². The highest BCUT2D eigenvalue weighted by Gasteiger charge is 2.41. The molecule has 2 nitrogen and oxygen atoms in total. The number of nitrogens with zero attached hydrogens (tertiary/aromatic N) is 1. The Morgan fingerprint density at radius 3 is 2.70 bits per heavy atom. The minimum Gasteiger partial charge on any atom is -0.293 e. The summed E-state index contributed by atoms with van der Waals surface area (Å²) in [5, 5.41) is 0.659. The second-order valence-electron chi connectivity index (χ2n) is 5.59. The van der Waals surface area contributed by atoms with Gasteiger partial charge in [-0.05, 0) is 50.5 Å². The highest BCUT2D eigenvalue weighted by Crippen LogP contribution is 2.40. The smallest absolute Gasteiger partial charge is 0.174 e. The quantitative estimate of drug-likeness (QED) is 0.788. The monoisotopic (exact) mass is 285 g/mol.